The van der Waals surface area contributed by atoms with Gasteiger partial charge in [0.2, 0.25) is 5.91 Å². The summed E-state index contributed by atoms with van der Waals surface area (Å²) in [5.74, 6) is -0.463. The number of anilines is 1. The molecule has 2 aliphatic rings. The lowest BCUT2D eigenvalue weighted by atomic mass is 9.74. The lowest BCUT2D eigenvalue weighted by molar-refractivity contribution is -0.151. The van der Waals surface area contributed by atoms with Gasteiger partial charge >= 0.3 is 5.97 Å². The molecule has 150 valence electrons. The number of ether oxygens (including phenoxy) is 1. The number of carbonyl (C=O) groups excluding carboxylic acids is 2. The third-order valence-corrected chi connectivity index (χ3v) is 5.20. The van der Waals surface area contributed by atoms with Crippen LogP contribution in [0.25, 0.3) is 11.3 Å². The van der Waals surface area contributed by atoms with Crippen LogP contribution in [-0.2, 0) is 19.7 Å². The number of amides is 1. The van der Waals surface area contributed by atoms with E-state index in [-0.39, 0.29) is 24.0 Å². The number of oxazole rings is 1. The van der Waals surface area contributed by atoms with Gasteiger partial charge in [-0.2, -0.15) is 4.98 Å². The molecule has 2 aromatic rings. The molecule has 0 fully saturated rings. The van der Waals surface area contributed by atoms with Gasteiger partial charge in [-0.3, -0.25) is 4.79 Å². The first kappa shape index (κ1) is 19.0. The van der Waals surface area contributed by atoms with Crippen molar-refractivity contribution < 1.29 is 18.7 Å². The molecule has 0 saturated carbocycles. The average molecular weight is 393 g/mol. The van der Waals surface area contributed by atoms with E-state index in [4.69, 9.17) is 14.9 Å². The number of benzene rings is 1. The minimum absolute atomic E-state index is 0.0555. The van der Waals surface area contributed by atoms with Crippen LogP contribution < -0.4 is 5.73 Å². The Balaban J connectivity index is 2.05. The number of carbonyl (C=O) groups is 2. The van der Waals surface area contributed by atoms with Gasteiger partial charge in [-0.25, -0.2) is 4.79 Å². The molecule has 1 atom stereocenters. The molecule has 1 unspecified atom stereocenters. The zero-order chi connectivity index (χ0) is 21.1. The highest BCUT2D eigenvalue weighted by Crippen LogP contribution is 2.57. The molecule has 1 aromatic heterocycles. The maximum atomic E-state index is 13.9. The average Bonchev–Trinajstić information content (AvgIpc) is 3.20. The Morgan fingerprint density at radius 3 is 2.72 bits per heavy atom. The van der Waals surface area contributed by atoms with Crippen LogP contribution in [0.3, 0.4) is 0 Å². The molecule has 0 radical (unpaired) electrons. The lowest BCUT2D eigenvalue weighted by Gasteiger charge is -2.28. The second-order valence-corrected chi connectivity index (χ2v) is 8.19. The van der Waals surface area contributed by atoms with E-state index in [2.05, 4.69) is 11.6 Å². The molecule has 0 saturated heterocycles. The van der Waals surface area contributed by atoms with E-state index in [1.54, 1.807) is 33.8 Å². The van der Waals surface area contributed by atoms with Crippen molar-refractivity contribution in [3.63, 3.8) is 0 Å². The van der Waals surface area contributed by atoms with E-state index in [0.717, 1.165) is 0 Å². The number of aromatic nitrogens is 1. The molecule has 29 heavy (non-hydrogen) atoms. The van der Waals surface area contributed by atoms with Crippen LogP contribution in [0.4, 0.5) is 6.01 Å². The summed E-state index contributed by atoms with van der Waals surface area (Å²) in [7, 11) is 0. The zero-order valence-electron chi connectivity index (χ0n) is 16.9. The Labute approximate surface area is 168 Å². The summed E-state index contributed by atoms with van der Waals surface area (Å²) < 4.78 is 11.3. The third-order valence-electron chi connectivity index (χ3n) is 5.20. The van der Waals surface area contributed by atoms with Crippen molar-refractivity contribution in [3.8, 4) is 11.3 Å². The smallest absolute Gasteiger partial charge is 0.338 e. The van der Waals surface area contributed by atoms with Crippen LogP contribution in [0, 0.1) is 0 Å². The van der Waals surface area contributed by atoms with Crippen molar-refractivity contribution in [1.82, 2.24) is 9.88 Å². The highest BCUT2D eigenvalue weighted by Gasteiger charge is 2.63. The summed E-state index contributed by atoms with van der Waals surface area (Å²) in [6, 6.07) is 7.25. The van der Waals surface area contributed by atoms with E-state index in [1.165, 1.54) is 4.90 Å². The van der Waals surface area contributed by atoms with Gasteiger partial charge in [0, 0.05) is 17.8 Å². The Hall–Kier alpha value is -3.35. The molecule has 1 aliphatic carbocycles. The Kier molecular flexibility index (Phi) is 3.98. The van der Waals surface area contributed by atoms with E-state index in [1.807, 2.05) is 24.3 Å². The van der Waals surface area contributed by atoms with E-state index < -0.39 is 17.0 Å². The molecule has 2 N–H and O–H groups in total. The van der Waals surface area contributed by atoms with Crippen LogP contribution >= 0.6 is 0 Å². The fourth-order valence-corrected chi connectivity index (χ4v) is 4.23. The predicted molar refractivity (Wildman–Crippen MR) is 108 cm³/mol. The third kappa shape index (κ3) is 2.46. The number of allylic oxidation sites excluding steroid dienone is 1. The van der Waals surface area contributed by atoms with Crippen LogP contribution in [0.1, 0.15) is 39.0 Å². The van der Waals surface area contributed by atoms with E-state index >= 15 is 0 Å². The Morgan fingerprint density at radius 2 is 2.07 bits per heavy atom. The van der Waals surface area contributed by atoms with Crippen LogP contribution in [0.5, 0.6) is 0 Å². The van der Waals surface area contributed by atoms with Crippen LogP contribution in [-0.4, -0.2) is 33.9 Å². The normalized spacial score (nSPS) is 20.3. The minimum atomic E-state index is -1.46. The first-order chi connectivity index (χ1) is 13.6. The van der Waals surface area contributed by atoms with Crippen molar-refractivity contribution in [2.24, 2.45) is 0 Å². The molecule has 1 aromatic carbocycles. The van der Waals surface area contributed by atoms with Gasteiger partial charge in [-0.1, -0.05) is 30.3 Å². The molecular formula is C22H23N3O4. The van der Waals surface area contributed by atoms with Crippen molar-refractivity contribution in [2.45, 2.75) is 38.7 Å². The largest absolute Gasteiger partial charge is 0.457 e. The van der Waals surface area contributed by atoms with Gasteiger partial charge in [0.05, 0.1) is 5.57 Å². The highest BCUT2D eigenvalue weighted by atomic mass is 16.6. The van der Waals surface area contributed by atoms with Crippen LogP contribution in [0.15, 0.2) is 52.6 Å². The SMILES string of the molecule is C=CCN1C(=O)C2(C(C(=O)OC(C)(C)C)=C1C)c1ccccc1-c1oc(N)nc12. The maximum absolute atomic E-state index is 13.9. The summed E-state index contributed by atoms with van der Waals surface area (Å²) in [5, 5.41) is 0. The Bertz CT molecular complexity index is 1090. The second kappa shape index (κ2) is 6.07. The summed E-state index contributed by atoms with van der Waals surface area (Å²) in [4.78, 5) is 33.1. The number of fused-ring (bicyclic) bond motifs is 5. The number of esters is 1. The predicted octanol–water partition coefficient (Wildman–Crippen LogP) is 3.17. The molecule has 0 bridgehead atoms. The summed E-state index contributed by atoms with van der Waals surface area (Å²) in [5.41, 5.74) is 6.05. The number of hydrogen-bond acceptors (Lipinski definition) is 6. The number of nitrogens with zero attached hydrogens (tertiary/aromatic N) is 2. The minimum Gasteiger partial charge on any atom is -0.457 e. The standard InChI is InChI=1S/C22H23N3O4/c1-6-11-25-12(2)15(18(26)29-21(3,4)5)22(19(25)27)14-10-8-7-9-13(14)16-17(22)24-20(23)28-16/h6-10H,1,11H2,2-5H3,(H2,23,24). The monoisotopic (exact) mass is 393 g/mol. The van der Waals surface area contributed by atoms with Crippen molar-refractivity contribution >= 4 is 17.9 Å². The second-order valence-electron chi connectivity index (χ2n) is 8.19. The van der Waals surface area contributed by atoms with Gasteiger partial charge in [0.25, 0.3) is 6.01 Å². The van der Waals surface area contributed by atoms with Gasteiger partial charge < -0.3 is 19.8 Å². The van der Waals surface area contributed by atoms with Gasteiger partial charge in [0.1, 0.15) is 11.3 Å². The first-order valence-electron chi connectivity index (χ1n) is 9.37. The number of nitrogen functional groups attached to an aromatic ring is 1. The zero-order valence-corrected chi connectivity index (χ0v) is 16.9. The number of nitrogens with two attached hydrogens (primary N) is 1. The summed E-state index contributed by atoms with van der Waals surface area (Å²) in [6.45, 7) is 11.1. The molecule has 7 nitrogen and oxygen atoms in total. The van der Waals surface area contributed by atoms with E-state index in [0.29, 0.717) is 28.3 Å². The number of hydrogen-bond donors (Lipinski definition) is 1. The molecule has 1 amide bonds. The van der Waals surface area contributed by atoms with Crippen molar-refractivity contribution in [1.29, 1.82) is 0 Å². The molecule has 7 heteroatoms. The van der Waals surface area contributed by atoms with Crippen molar-refractivity contribution in [3.05, 3.63) is 59.4 Å². The van der Waals surface area contributed by atoms with Crippen LogP contribution in [0.2, 0.25) is 0 Å². The molecule has 4 rings (SSSR count). The molecule has 1 aliphatic heterocycles. The Morgan fingerprint density at radius 1 is 1.38 bits per heavy atom. The molecule has 2 heterocycles. The summed E-state index contributed by atoms with van der Waals surface area (Å²) in [6.07, 6.45) is 1.62. The summed E-state index contributed by atoms with van der Waals surface area (Å²) >= 11 is 0. The maximum Gasteiger partial charge on any atom is 0.338 e. The topological polar surface area (TPSA) is 98.7 Å². The van der Waals surface area contributed by atoms with Gasteiger partial charge in [-0.15, -0.1) is 6.58 Å². The molecule has 1 spiro atoms. The quantitative estimate of drug-likeness (QED) is 0.635. The fourth-order valence-electron chi connectivity index (χ4n) is 4.23. The highest BCUT2D eigenvalue weighted by molar-refractivity contribution is 6.14. The molecular weight excluding hydrogens is 370 g/mol. The van der Waals surface area contributed by atoms with Gasteiger partial charge in [-0.05, 0) is 33.3 Å². The number of rotatable bonds is 3. The van der Waals surface area contributed by atoms with E-state index in [9.17, 15) is 9.59 Å². The fraction of sp³-hybridized carbons (Fsp3) is 0.318. The van der Waals surface area contributed by atoms with Gasteiger partial charge in [0.15, 0.2) is 11.2 Å². The lowest BCUT2D eigenvalue weighted by Crippen LogP contribution is -2.43. The van der Waals surface area contributed by atoms with Crippen molar-refractivity contribution in [2.75, 3.05) is 12.3 Å². The first-order valence-corrected chi connectivity index (χ1v) is 9.37.